The largest absolute Gasteiger partial charge is 0.323 e. The van der Waals surface area contributed by atoms with E-state index in [1.165, 1.54) is 18.9 Å². The van der Waals surface area contributed by atoms with E-state index in [2.05, 4.69) is 21.4 Å². The van der Waals surface area contributed by atoms with E-state index in [9.17, 15) is 4.39 Å². The van der Waals surface area contributed by atoms with Gasteiger partial charge in [-0.25, -0.2) is 9.37 Å². The van der Waals surface area contributed by atoms with Crippen molar-refractivity contribution in [3.63, 3.8) is 0 Å². The lowest BCUT2D eigenvalue weighted by Crippen LogP contribution is -2.27. The number of likely N-dealkylation sites (tertiary alicyclic amines) is 1. The molecule has 2 heterocycles. The number of alkyl halides is 1. The van der Waals surface area contributed by atoms with Gasteiger partial charge in [0.25, 0.3) is 0 Å². The van der Waals surface area contributed by atoms with Crippen molar-refractivity contribution in [2.45, 2.75) is 31.7 Å². The van der Waals surface area contributed by atoms with Crippen molar-refractivity contribution in [3.05, 3.63) is 29.8 Å². The minimum Gasteiger partial charge on any atom is -0.323 e. The van der Waals surface area contributed by atoms with E-state index in [-0.39, 0.29) is 11.9 Å². The van der Waals surface area contributed by atoms with Gasteiger partial charge in [-0.05, 0) is 51.1 Å². The third kappa shape index (κ3) is 2.54. The third-order valence-electron chi connectivity index (χ3n) is 4.01. The van der Waals surface area contributed by atoms with Crippen molar-refractivity contribution < 1.29 is 4.39 Å². The van der Waals surface area contributed by atoms with Crippen LogP contribution in [0.1, 0.15) is 31.6 Å². The molecule has 2 aromatic rings. The fourth-order valence-corrected chi connectivity index (χ4v) is 3.31. The Hall–Kier alpha value is -1.13. The topological polar surface area (TPSA) is 21.1 Å². The number of aromatic nitrogens is 2. The van der Waals surface area contributed by atoms with E-state index in [4.69, 9.17) is 11.6 Å². The first-order valence-corrected chi connectivity index (χ1v) is 7.67. The van der Waals surface area contributed by atoms with E-state index in [1.54, 1.807) is 12.1 Å². The Morgan fingerprint density at radius 2 is 2.10 bits per heavy atom. The molecule has 3 nitrogen and oxygen atoms in total. The Bertz CT molecular complexity index is 604. The summed E-state index contributed by atoms with van der Waals surface area (Å²) in [4.78, 5) is 6.97. The molecule has 0 amide bonds. The second-order valence-electron chi connectivity index (χ2n) is 5.52. The van der Waals surface area contributed by atoms with Gasteiger partial charge in [0, 0.05) is 12.6 Å². The predicted octanol–water partition coefficient (Wildman–Crippen LogP) is 3.57. The van der Waals surface area contributed by atoms with Crippen LogP contribution in [0.4, 0.5) is 4.39 Å². The van der Waals surface area contributed by atoms with E-state index >= 15 is 0 Å². The Morgan fingerprint density at radius 3 is 2.80 bits per heavy atom. The molecule has 1 aromatic heterocycles. The predicted molar refractivity (Wildman–Crippen MR) is 79.6 cm³/mol. The lowest BCUT2D eigenvalue weighted by molar-refractivity contribution is 0.288. The monoisotopic (exact) mass is 295 g/mol. The number of hydrogen-bond acceptors (Lipinski definition) is 2. The number of nitrogens with zero attached hydrogens (tertiary/aromatic N) is 3. The van der Waals surface area contributed by atoms with Gasteiger partial charge in [0.2, 0.25) is 0 Å². The third-order valence-corrected chi connectivity index (χ3v) is 4.25. The average Bonchev–Trinajstić information content (AvgIpc) is 3.04. The lowest BCUT2D eigenvalue weighted by atomic mass is 10.2. The van der Waals surface area contributed by atoms with E-state index < -0.39 is 0 Å². The standard InChI is InChI=1S/C15H19ClFN3/c1-11(10-19-6-2-3-7-19)20-14-8-12(17)4-5-13(14)18-15(20)9-16/h4-5,8,11H,2-3,6-7,9-10H2,1H3. The molecule has 3 rings (SSSR count). The van der Waals surface area contributed by atoms with Gasteiger partial charge in [-0.2, -0.15) is 0 Å². The van der Waals surface area contributed by atoms with Crippen molar-refractivity contribution in [2.75, 3.05) is 19.6 Å². The minimum absolute atomic E-state index is 0.229. The summed E-state index contributed by atoms with van der Waals surface area (Å²) >= 11 is 6.01. The zero-order valence-corrected chi connectivity index (χ0v) is 12.4. The highest BCUT2D eigenvalue weighted by Gasteiger charge is 2.20. The first-order valence-electron chi connectivity index (χ1n) is 7.13. The molecule has 0 saturated carbocycles. The number of halogens is 2. The molecule has 1 atom stereocenters. The zero-order valence-electron chi connectivity index (χ0n) is 11.6. The van der Waals surface area contributed by atoms with Crippen LogP contribution >= 0.6 is 11.6 Å². The molecule has 1 fully saturated rings. The summed E-state index contributed by atoms with van der Waals surface area (Å²) in [6.45, 7) is 5.43. The van der Waals surface area contributed by atoms with Gasteiger partial charge in [0.05, 0.1) is 16.9 Å². The van der Waals surface area contributed by atoms with Crippen LogP contribution in [-0.4, -0.2) is 34.1 Å². The van der Waals surface area contributed by atoms with Crippen LogP contribution in [0.2, 0.25) is 0 Å². The van der Waals surface area contributed by atoms with Crippen LogP contribution in [-0.2, 0) is 5.88 Å². The van der Waals surface area contributed by atoms with Crippen LogP contribution in [0.25, 0.3) is 11.0 Å². The average molecular weight is 296 g/mol. The molecule has 1 unspecified atom stereocenters. The molecule has 1 aliphatic heterocycles. The Kier molecular flexibility index (Phi) is 3.94. The molecule has 1 saturated heterocycles. The molecule has 0 spiro atoms. The first-order chi connectivity index (χ1) is 9.69. The first kappa shape index (κ1) is 13.8. The van der Waals surface area contributed by atoms with Gasteiger partial charge in [0.15, 0.2) is 0 Å². The van der Waals surface area contributed by atoms with Gasteiger partial charge >= 0.3 is 0 Å². The normalized spacial score (nSPS) is 17.9. The number of imidazole rings is 1. The Morgan fingerprint density at radius 1 is 1.35 bits per heavy atom. The van der Waals surface area contributed by atoms with Gasteiger partial charge in [-0.1, -0.05) is 0 Å². The molecular weight excluding hydrogens is 277 g/mol. The summed E-state index contributed by atoms with van der Waals surface area (Å²) in [5.74, 6) is 0.938. The fraction of sp³-hybridized carbons (Fsp3) is 0.533. The molecule has 1 aliphatic rings. The number of benzene rings is 1. The van der Waals surface area contributed by atoms with Crippen molar-refractivity contribution in [2.24, 2.45) is 0 Å². The minimum atomic E-state index is -0.229. The summed E-state index contributed by atoms with van der Waals surface area (Å²) < 4.78 is 15.6. The van der Waals surface area contributed by atoms with Crippen LogP contribution in [0.3, 0.4) is 0 Å². The van der Waals surface area contributed by atoms with Gasteiger partial charge in [-0.15, -0.1) is 11.6 Å². The Balaban J connectivity index is 1.96. The molecular formula is C15H19ClFN3. The molecule has 5 heteroatoms. The molecule has 0 N–H and O–H groups in total. The van der Waals surface area contributed by atoms with Crippen molar-refractivity contribution in [1.29, 1.82) is 0 Å². The summed E-state index contributed by atoms with van der Waals surface area (Å²) in [5.41, 5.74) is 1.66. The molecule has 0 bridgehead atoms. The van der Waals surface area contributed by atoms with Crippen molar-refractivity contribution in [1.82, 2.24) is 14.5 Å². The van der Waals surface area contributed by atoms with E-state index in [1.807, 2.05) is 0 Å². The molecule has 0 radical (unpaired) electrons. The lowest BCUT2D eigenvalue weighted by Gasteiger charge is -2.23. The second-order valence-corrected chi connectivity index (χ2v) is 5.79. The summed E-state index contributed by atoms with van der Waals surface area (Å²) in [6, 6.07) is 4.97. The molecule has 108 valence electrons. The van der Waals surface area contributed by atoms with Crippen molar-refractivity contribution in [3.8, 4) is 0 Å². The van der Waals surface area contributed by atoms with Crippen molar-refractivity contribution >= 4 is 22.6 Å². The highest BCUT2D eigenvalue weighted by molar-refractivity contribution is 6.16. The maximum atomic E-state index is 13.5. The molecule has 0 aliphatic carbocycles. The number of hydrogen-bond donors (Lipinski definition) is 0. The highest BCUT2D eigenvalue weighted by Crippen LogP contribution is 2.24. The van der Waals surface area contributed by atoms with Crippen LogP contribution in [0.5, 0.6) is 0 Å². The summed E-state index contributed by atoms with van der Waals surface area (Å²) in [7, 11) is 0. The maximum absolute atomic E-state index is 13.5. The Labute approximate surface area is 123 Å². The van der Waals surface area contributed by atoms with Gasteiger partial charge in [-0.3, -0.25) is 0 Å². The highest BCUT2D eigenvalue weighted by atomic mass is 35.5. The summed E-state index contributed by atoms with van der Waals surface area (Å²) in [6.07, 6.45) is 2.54. The van der Waals surface area contributed by atoms with Crippen LogP contribution < -0.4 is 0 Å². The van der Waals surface area contributed by atoms with E-state index in [0.29, 0.717) is 5.88 Å². The maximum Gasteiger partial charge on any atom is 0.125 e. The van der Waals surface area contributed by atoms with E-state index in [0.717, 1.165) is 36.5 Å². The van der Waals surface area contributed by atoms with Gasteiger partial charge < -0.3 is 9.47 Å². The molecule has 1 aromatic carbocycles. The second kappa shape index (κ2) is 5.70. The summed E-state index contributed by atoms with van der Waals surface area (Å²) in [5, 5.41) is 0. The zero-order chi connectivity index (χ0) is 14.1. The number of fused-ring (bicyclic) bond motifs is 1. The van der Waals surface area contributed by atoms with Crippen LogP contribution in [0, 0.1) is 5.82 Å². The van der Waals surface area contributed by atoms with Crippen LogP contribution in [0.15, 0.2) is 18.2 Å². The molecule has 20 heavy (non-hydrogen) atoms. The smallest absolute Gasteiger partial charge is 0.125 e. The number of rotatable bonds is 4. The van der Waals surface area contributed by atoms with Gasteiger partial charge in [0.1, 0.15) is 11.6 Å². The SMILES string of the molecule is CC(CN1CCCC1)n1c(CCl)nc2ccc(F)cc21. The quantitative estimate of drug-likeness (QED) is 0.804. The fourth-order valence-electron chi connectivity index (χ4n) is 3.12.